The first-order valence-electron chi connectivity index (χ1n) is 15.6. The number of aliphatic hydroxyl groups is 1. The molecule has 3 aromatic rings. The molecular formula is C34H41N5O6. The van der Waals surface area contributed by atoms with Crippen LogP contribution in [0.25, 0.3) is 0 Å². The van der Waals surface area contributed by atoms with E-state index in [0.717, 1.165) is 24.0 Å². The van der Waals surface area contributed by atoms with Crippen molar-refractivity contribution in [3.63, 3.8) is 0 Å². The molecule has 1 saturated carbocycles. The first-order valence-corrected chi connectivity index (χ1v) is 15.6. The van der Waals surface area contributed by atoms with Gasteiger partial charge in [-0.25, -0.2) is 4.98 Å². The van der Waals surface area contributed by atoms with Crippen molar-refractivity contribution in [3.05, 3.63) is 89.5 Å². The van der Waals surface area contributed by atoms with Crippen LogP contribution < -0.4 is 10.6 Å². The fourth-order valence-corrected chi connectivity index (χ4v) is 6.45. The molecule has 1 aliphatic carbocycles. The third-order valence-electron chi connectivity index (χ3n) is 8.95. The Morgan fingerprint density at radius 2 is 1.87 bits per heavy atom. The van der Waals surface area contributed by atoms with Crippen molar-refractivity contribution in [1.82, 2.24) is 25.5 Å². The molecule has 11 heteroatoms. The molecule has 2 heterocycles. The summed E-state index contributed by atoms with van der Waals surface area (Å²) in [5, 5.41) is 17.6. The molecule has 0 radical (unpaired) electrons. The lowest BCUT2D eigenvalue weighted by atomic mass is 9.77. The highest BCUT2D eigenvalue weighted by molar-refractivity contribution is 6.01. The summed E-state index contributed by atoms with van der Waals surface area (Å²) in [7, 11) is 1.33. The number of hydrogen-bond donors (Lipinski definition) is 4. The summed E-state index contributed by atoms with van der Waals surface area (Å²) in [6.07, 6.45) is 7.16. The van der Waals surface area contributed by atoms with Gasteiger partial charge in [0.2, 0.25) is 11.8 Å². The monoisotopic (exact) mass is 615 g/mol. The second-order valence-corrected chi connectivity index (χ2v) is 12.0. The van der Waals surface area contributed by atoms with Crippen molar-refractivity contribution < 1.29 is 29.0 Å². The number of aromatic nitrogens is 2. The zero-order chi connectivity index (χ0) is 31.8. The lowest BCUT2D eigenvalue weighted by Gasteiger charge is -2.41. The number of amides is 3. The summed E-state index contributed by atoms with van der Waals surface area (Å²) < 4.78 is 4.74. The topological polar surface area (TPSA) is 154 Å². The summed E-state index contributed by atoms with van der Waals surface area (Å²) in [6, 6.07) is 14.4. The smallest absolute Gasteiger partial charge is 0.305 e. The number of carbonyl (C=O) groups excluding carboxylic acids is 4. The lowest BCUT2D eigenvalue weighted by molar-refractivity contribution is -0.141. The largest absolute Gasteiger partial charge is 0.469 e. The predicted octanol–water partition coefficient (Wildman–Crippen LogP) is 2.84. The molecule has 11 nitrogen and oxygen atoms in total. The van der Waals surface area contributed by atoms with Crippen LogP contribution in [0.5, 0.6) is 0 Å². The highest BCUT2D eigenvalue weighted by atomic mass is 16.5. The van der Waals surface area contributed by atoms with Gasteiger partial charge < -0.3 is 30.4 Å². The molecule has 2 aromatic carbocycles. The van der Waals surface area contributed by atoms with E-state index < -0.39 is 35.5 Å². The van der Waals surface area contributed by atoms with Crippen molar-refractivity contribution >= 4 is 23.7 Å². The van der Waals surface area contributed by atoms with Gasteiger partial charge in [-0.1, -0.05) is 61.4 Å². The molecular weight excluding hydrogens is 574 g/mol. The van der Waals surface area contributed by atoms with Crippen molar-refractivity contribution in [2.45, 2.75) is 88.1 Å². The zero-order valence-corrected chi connectivity index (χ0v) is 25.5. The molecule has 5 rings (SSSR count). The molecule has 4 atom stereocenters. The van der Waals surface area contributed by atoms with Crippen molar-refractivity contribution in [1.29, 1.82) is 0 Å². The maximum atomic E-state index is 14.1. The van der Waals surface area contributed by atoms with Crippen LogP contribution in [-0.2, 0) is 38.5 Å². The maximum Gasteiger partial charge on any atom is 0.305 e. The minimum Gasteiger partial charge on any atom is -0.469 e. The number of ether oxygens (including phenoxy) is 1. The van der Waals surface area contributed by atoms with Crippen molar-refractivity contribution in [3.8, 4) is 0 Å². The third-order valence-corrected chi connectivity index (χ3v) is 8.95. The van der Waals surface area contributed by atoms with Crippen molar-refractivity contribution in [2.24, 2.45) is 0 Å². The van der Waals surface area contributed by atoms with E-state index in [2.05, 4.69) is 20.6 Å². The van der Waals surface area contributed by atoms with Gasteiger partial charge in [0, 0.05) is 43.3 Å². The Morgan fingerprint density at radius 1 is 1.09 bits per heavy atom. The van der Waals surface area contributed by atoms with Gasteiger partial charge in [0.05, 0.1) is 25.1 Å². The van der Waals surface area contributed by atoms with E-state index in [4.69, 9.17) is 4.74 Å². The minimum atomic E-state index is -1.19. The molecule has 3 amide bonds. The van der Waals surface area contributed by atoms with Gasteiger partial charge in [0.15, 0.2) is 0 Å². The van der Waals surface area contributed by atoms with Crippen LogP contribution in [0.1, 0.15) is 72.1 Å². The first kappa shape index (κ1) is 31.9. The highest BCUT2D eigenvalue weighted by Crippen LogP contribution is 2.33. The maximum absolute atomic E-state index is 14.1. The molecule has 0 bridgehead atoms. The van der Waals surface area contributed by atoms with Gasteiger partial charge >= 0.3 is 5.97 Å². The van der Waals surface area contributed by atoms with Crippen LogP contribution >= 0.6 is 0 Å². The van der Waals surface area contributed by atoms with Crippen LogP contribution in [0.3, 0.4) is 0 Å². The van der Waals surface area contributed by atoms with Gasteiger partial charge in [0.1, 0.15) is 12.1 Å². The Bertz CT molecular complexity index is 1480. The molecule has 2 aliphatic rings. The second-order valence-electron chi connectivity index (χ2n) is 12.0. The fourth-order valence-electron chi connectivity index (χ4n) is 6.45. The number of nitrogens with one attached hydrogen (secondary N) is 3. The van der Waals surface area contributed by atoms with E-state index in [1.54, 1.807) is 23.2 Å². The summed E-state index contributed by atoms with van der Waals surface area (Å²) in [4.78, 5) is 61.8. The van der Waals surface area contributed by atoms with Crippen LogP contribution in [0.4, 0.5) is 0 Å². The van der Waals surface area contributed by atoms with Gasteiger partial charge in [-0.2, -0.15) is 0 Å². The molecule has 0 saturated heterocycles. The number of hydrogen-bond acceptors (Lipinski definition) is 7. The number of nitrogens with zero attached hydrogens (tertiary/aromatic N) is 2. The number of aromatic amines is 1. The standard InChI is InChI=1S/C34H41N5O6/c1-45-30(40)15-9-17-34(44)16-8-7-14-29(34)38-31(41)27(19-25-20-35-22-36-25)37-32(42)28(18-23-10-3-2-4-11-23)39-21-24-12-5-6-13-26(24)33(39)43/h2-6,10-13,20,22,27-29,44H,7-9,14-19,21H2,1H3,(H,35,36)(H,37,42)(H,38,41). The van der Waals surface area contributed by atoms with E-state index in [-0.39, 0.29) is 37.7 Å². The molecule has 1 fully saturated rings. The molecule has 1 aromatic heterocycles. The average molecular weight is 616 g/mol. The Balaban J connectivity index is 1.35. The zero-order valence-electron chi connectivity index (χ0n) is 25.5. The molecule has 45 heavy (non-hydrogen) atoms. The minimum absolute atomic E-state index is 0.136. The normalized spacial score (nSPS) is 20.6. The van der Waals surface area contributed by atoms with Gasteiger partial charge in [-0.3, -0.25) is 19.2 Å². The van der Waals surface area contributed by atoms with E-state index in [0.29, 0.717) is 36.9 Å². The van der Waals surface area contributed by atoms with E-state index in [1.165, 1.54) is 13.4 Å². The summed E-state index contributed by atoms with van der Waals surface area (Å²) in [5.41, 5.74) is 1.77. The summed E-state index contributed by atoms with van der Waals surface area (Å²) >= 11 is 0. The number of fused-ring (bicyclic) bond motifs is 1. The van der Waals surface area contributed by atoms with Crippen LogP contribution in [0.15, 0.2) is 67.1 Å². The molecule has 238 valence electrons. The number of H-pyrrole nitrogens is 1. The van der Waals surface area contributed by atoms with Gasteiger partial charge in [-0.05, 0) is 42.9 Å². The summed E-state index contributed by atoms with van der Waals surface area (Å²) in [6.45, 7) is 0.290. The third kappa shape index (κ3) is 7.78. The number of esters is 1. The SMILES string of the molecule is COC(=O)CCCC1(O)CCCCC1NC(=O)C(Cc1cnc[nH]1)NC(=O)C(Cc1ccccc1)N1Cc2ccccc2C1=O. The van der Waals surface area contributed by atoms with E-state index in [1.807, 2.05) is 42.5 Å². The van der Waals surface area contributed by atoms with Gasteiger partial charge in [-0.15, -0.1) is 0 Å². The average Bonchev–Trinajstić information content (AvgIpc) is 3.68. The predicted molar refractivity (Wildman–Crippen MR) is 166 cm³/mol. The number of rotatable bonds is 13. The van der Waals surface area contributed by atoms with E-state index in [9.17, 15) is 24.3 Å². The number of methoxy groups -OCH3 is 1. The van der Waals surface area contributed by atoms with Crippen LogP contribution in [0.2, 0.25) is 0 Å². The number of benzene rings is 2. The van der Waals surface area contributed by atoms with E-state index >= 15 is 0 Å². The Hall–Kier alpha value is -4.51. The van der Waals surface area contributed by atoms with Crippen LogP contribution in [0, 0.1) is 0 Å². The number of carbonyl (C=O) groups is 4. The Morgan fingerprint density at radius 3 is 2.60 bits per heavy atom. The Labute approximate surface area is 262 Å². The quantitative estimate of drug-likeness (QED) is 0.216. The van der Waals surface area contributed by atoms with Crippen molar-refractivity contribution in [2.75, 3.05) is 7.11 Å². The first-order chi connectivity index (χ1) is 21.8. The Kier molecular flexibility index (Phi) is 10.3. The molecule has 0 spiro atoms. The lowest BCUT2D eigenvalue weighted by Crippen LogP contribution is -2.60. The molecule has 1 aliphatic heterocycles. The highest BCUT2D eigenvalue weighted by Gasteiger charge is 2.42. The second kappa shape index (κ2) is 14.5. The van der Waals surface area contributed by atoms with Gasteiger partial charge in [0.25, 0.3) is 5.91 Å². The summed E-state index contributed by atoms with van der Waals surface area (Å²) in [5.74, 6) is -1.46. The molecule has 4 N–H and O–H groups in total. The van der Waals surface area contributed by atoms with Crippen LogP contribution in [-0.4, -0.2) is 74.5 Å². The number of imidazole rings is 1. The molecule has 4 unspecified atom stereocenters. The fraction of sp³-hybridized carbons (Fsp3) is 0.441.